The highest BCUT2D eigenvalue weighted by molar-refractivity contribution is 6.02. The summed E-state index contributed by atoms with van der Waals surface area (Å²) in [6, 6.07) is 11.1. The first-order chi connectivity index (χ1) is 12.4. The van der Waals surface area contributed by atoms with Gasteiger partial charge in [-0.1, -0.05) is 17.7 Å². The summed E-state index contributed by atoms with van der Waals surface area (Å²) in [5.74, 6) is -0.797. The highest BCUT2D eigenvalue weighted by atomic mass is 16.5. The van der Waals surface area contributed by atoms with Gasteiger partial charge in [-0.05, 0) is 49.7 Å². The lowest BCUT2D eigenvalue weighted by atomic mass is 10.1. The zero-order valence-corrected chi connectivity index (χ0v) is 14.8. The van der Waals surface area contributed by atoms with Crippen molar-refractivity contribution in [3.05, 3.63) is 59.2 Å². The molecule has 26 heavy (non-hydrogen) atoms. The van der Waals surface area contributed by atoms with Gasteiger partial charge in [0, 0.05) is 5.69 Å². The summed E-state index contributed by atoms with van der Waals surface area (Å²) in [5.41, 5.74) is 2.81. The number of hydrogen-bond acceptors (Lipinski definition) is 5. The van der Waals surface area contributed by atoms with Gasteiger partial charge in [-0.25, -0.2) is 9.59 Å². The standard InChI is InChI=1S/C19H20N2O5/c1-12-4-9-16(13(2)10-12)20-19(24)21-17(22)11-26-18(23)14-5-7-15(25-3)8-6-14/h4-10H,11H2,1-3H3,(H2,20,21,22,24). The van der Waals surface area contributed by atoms with Crippen LogP contribution < -0.4 is 15.4 Å². The number of hydrogen-bond donors (Lipinski definition) is 2. The van der Waals surface area contributed by atoms with Crippen LogP contribution in [0.2, 0.25) is 0 Å². The number of nitrogens with one attached hydrogen (secondary N) is 2. The molecule has 2 N–H and O–H groups in total. The number of imide groups is 1. The van der Waals surface area contributed by atoms with Gasteiger partial charge in [0.15, 0.2) is 6.61 Å². The van der Waals surface area contributed by atoms with Crippen molar-refractivity contribution < 1.29 is 23.9 Å². The third-order valence-corrected chi connectivity index (χ3v) is 3.54. The Bertz CT molecular complexity index is 815. The largest absolute Gasteiger partial charge is 0.497 e. The van der Waals surface area contributed by atoms with Crippen LogP contribution in [0.1, 0.15) is 21.5 Å². The Morgan fingerprint density at radius 2 is 1.69 bits per heavy atom. The third-order valence-electron chi connectivity index (χ3n) is 3.54. The summed E-state index contributed by atoms with van der Waals surface area (Å²) in [4.78, 5) is 35.5. The van der Waals surface area contributed by atoms with Crippen LogP contribution in [0.5, 0.6) is 5.75 Å². The smallest absolute Gasteiger partial charge is 0.338 e. The van der Waals surface area contributed by atoms with Crippen LogP contribution in [0.4, 0.5) is 10.5 Å². The molecule has 0 saturated carbocycles. The molecule has 0 saturated heterocycles. The van der Waals surface area contributed by atoms with Crippen LogP contribution in [-0.4, -0.2) is 31.6 Å². The van der Waals surface area contributed by atoms with Crippen LogP contribution in [0.15, 0.2) is 42.5 Å². The van der Waals surface area contributed by atoms with E-state index in [1.807, 2.05) is 26.0 Å². The van der Waals surface area contributed by atoms with E-state index in [1.165, 1.54) is 19.2 Å². The summed E-state index contributed by atoms with van der Waals surface area (Å²) in [5, 5.41) is 4.68. The second kappa shape index (κ2) is 8.66. The summed E-state index contributed by atoms with van der Waals surface area (Å²) < 4.78 is 9.88. The number of rotatable bonds is 5. The van der Waals surface area contributed by atoms with E-state index in [2.05, 4.69) is 10.6 Å². The zero-order chi connectivity index (χ0) is 19.1. The molecular weight excluding hydrogens is 336 g/mol. The lowest BCUT2D eigenvalue weighted by Gasteiger charge is -2.10. The molecule has 0 aliphatic rings. The minimum absolute atomic E-state index is 0.276. The van der Waals surface area contributed by atoms with E-state index < -0.39 is 24.5 Å². The first-order valence-corrected chi connectivity index (χ1v) is 7.88. The molecule has 2 aromatic carbocycles. The van der Waals surface area contributed by atoms with Crippen LogP contribution in [-0.2, 0) is 9.53 Å². The number of amides is 3. The molecule has 0 aliphatic carbocycles. The number of benzene rings is 2. The number of ether oxygens (including phenoxy) is 2. The highest BCUT2D eigenvalue weighted by Gasteiger charge is 2.13. The van der Waals surface area contributed by atoms with E-state index >= 15 is 0 Å². The van der Waals surface area contributed by atoms with Crippen LogP contribution in [0.3, 0.4) is 0 Å². The van der Waals surface area contributed by atoms with E-state index in [9.17, 15) is 14.4 Å². The summed E-state index contributed by atoms with van der Waals surface area (Å²) >= 11 is 0. The second-order valence-electron chi connectivity index (χ2n) is 5.63. The molecule has 0 aliphatic heterocycles. The molecule has 2 aromatic rings. The van der Waals surface area contributed by atoms with E-state index in [1.54, 1.807) is 18.2 Å². The predicted octanol–water partition coefficient (Wildman–Crippen LogP) is 2.82. The SMILES string of the molecule is COc1ccc(C(=O)OCC(=O)NC(=O)Nc2ccc(C)cc2C)cc1. The number of carbonyl (C=O) groups is 3. The topological polar surface area (TPSA) is 93.7 Å². The first kappa shape index (κ1) is 19.0. The fourth-order valence-electron chi connectivity index (χ4n) is 2.21. The van der Waals surface area contributed by atoms with E-state index in [0.717, 1.165) is 11.1 Å². The average molecular weight is 356 g/mol. The lowest BCUT2D eigenvalue weighted by Crippen LogP contribution is -2.37. The molecule has 0 radical (unpaired) electrons. The van der Waals surface area contributed by atoms with Gasteiger partial charge in [0.1, 0.15) is 5.75 Å². The van der Waals surface area contributed by atoms with Crippen LogP contribution >= 0.6 is 0 Å². The molecular formula is C19H20N2O5. The maximum Gasteiger partial charge on any atom is 0.338 e. The Balaban J connectivity index is 1.81. The monoisotopic (exact) mass is 356 g/mol. The minimum Gasteiger partial charge on any atom is -0.497 e. The van der Waals surface area contributed by atoms with Crippen molar-refractivity contribution in [3.8, 4) is 5.75 Å². The minimum atomic E-state index is -0.728. The number of urea groups is 1. The molecule has 0 heterocycles. The fraction of sp³-hybridized carbons (Fsp3) is 0.211. The van der Waals surface area contributed by atoms with Gasteiger partial charge in [-0.2, -0.15) is 0 Å². The Kier molecular flexibility index (Phi) is 6.32. The Labute approximate surface area is 151 Å². The van der Waals surface area contributed by atoms with Gasteiger partial charge in [0.25, 0.3) is 5.91 Å². The molecule has 0 aromatic heterocycles. The molecule has 0 atom stereocenters. The first-order valence-electron chi connectivity index (χ1n) is 7.88. The molecule has 0 bridgehead atoms. The van der Waals surface area contributed by atoms with Crippen molar-refractivity contribution in [1.82, 2.24) is 5.32 Å². The summed E-state index contributed by atoms with van der Waals surface area (Å²) in [7, 11) is 1.51. The maximum absolute atomic E-state index is 11.9. The third kappa shape index (κ3) is 5.34. The number of anilines is 1. The van der Waals surface area contributed by atoms with Crippen molar-refractivity contribution in [3.63, 3.8) is 0 Å². The molecule has 7 heteroatoms. The predicted molar refractivity (Wildman–Crippen MR) is 96.4 cm³/mol. The summed E-state index contributed by atoms with van der Waals surface area (Å²) in [6.45, 7) is 3.23. The van der Waals surface area contributed by atoms with E-state index in [4.69, 9.17) is 9.47 Å². The van der Waals surface area contributed by atoms with Crippen molar-refractivity contribution in [2.24, 2.45) is 0 Å². The molecule has 3 amide bonds. The Hall–Kier alpha value is -3.35. The number of carbonyl (C=O) groups excluding carboxylic acids is 3. The molecule has 0 unspecified atom stereocenters. The molecule has 0 spiro atoms. The van der Waals surface area contributed by atoms with Crippen LogP contribution in [0.25, 0.3) is 0 Å². The lowest BCUT2D eigenvalue weighted by molar-refractivity contribution is -0.123. The van der Waals surface area contributed by atoms with Gasteiger partial charge in [-0.15, -0.1) is 0 Å². The van der Waals surface area contributed by atoms with Crippen molar-refractivity contribution in [1.29, 1.82) is 0 Å². The second-order valence-corrected chi connectivity index (χ2v) is 5.63. The molecule has 7 nitrogen and oxygen atoms in total. The van der Waals surface area contributed by atoms with Gasteiger partial charge in [-0.3, -0.25) is 10.1 Å². The maximum atomic E-state index is 11.9. The quantitative estimate of drug-likeness (QED) is 0.804. The number of aryl methyl sites for hydroxylation is 2. The molecule has 2 rings (SSSR count). The normalized spacial score (nSPS) is 9.96. The zero-order valence-electron chi connectivity index (χ0n) is 14.8. The number of esters is 1. The Morgan fingerprint density at radius 3 is 2.31 bits per heavy atom. The fourth-order valence-corrected chi connectivity index (χ4v) is 2.21. The molecule has 136 valence electrons. The van der Waals surface area contributed by atoms with Crippen molar-refractivity contribution in [2.45, 2.75) is 13.8 Å². The highest BCUT2D eigenvalue weighted by Crippen LogP contribution is 2.15. The average Bonchev–Trinajstić information content (AvgIpc) is 2.62. The van der Waals surface area contributed by atoms with E-state index in [0.29, 0.717) is 11.4 Å². The Morgan fingerprint density at radius 1 is 1.00 bits per heavy atom. The van der Waals surface area contributed by atoms with Gasteiger partial charge >= 0.3 is 12.0 Å². The van der Waals surface area contributed by atoms with Crippen molar-refractivity contribution in [2.75, 3.05) is 19.0 Å². The van der Waals surface area contributed by atoms with Crippen LogP contribution in [0, 0.1) is 13.8 Å². The van der Waals surface area contributed by atoms with Gasteiger partial charge < -0.3 is 14.8 Å². The molecule has 0 fully saturated rings. The number of methoxy groups -OCH3 is 1. The van der Waals surface area contributed by atoms with Crippen molar-refractivity contribution >= 4 is 23.6 Å². The van der Waals surface area contributed by atoms with Gasteiger partial charge in [0.2, 0.25) is 0 Å². The van der Waals surface area contributed by atoms with E-state index in [-0.39, 0.29) is 5.56 Å². The summed E-state index contributed by atoms with van der Waals surface area (Å²) in [6.07, 6.45) is 0. The van der Waals surface area contributed by atoms with Gasteiger partial charge in [0.05, 0.1) is 12.7 Å².